The summed E-state index contributed by atoms with van der Waals surface area (Å²) in [4.78, 5) is 14.3. The Hall–Kier alpha value is -1.83. The lowest BCUT2D eigenvalue weighted by Gasteiger charge is -2.11. The third-order valence-corrected chi connectivity index (χ3v) is 2.95. The Bertz CT molecular complexity index is 527. The van der Waals surface area contributed by atoms with Crippen LogP contribution in [0.4, 0.5) is 0 Å². The Morgan fingerprint density at radius 3 is 2.81 bits per heavy atom. The third kappa shape index (κ3) is 6.44. The number of aliphatic hydroxyl groups is 1. The van der Waals surface area contributed by atoms with Gasteiger partial charge in [0, 0.05) is 18.5 Å². The van der Waals surface area contributed by atoms with Gasteiger partial charge < -0.3 is 15.3 Å². The Morgan fingerprint density at radius 2 is 2.14 bits per heavy atom. The predicted molar refractivity (Wildman–Crippen MR) is 85.3 cm³/mol. The molecule has 0 atom stereocenters. The zero-order valence-electron chi connectivity index (χ0n) is 13.1. The molecule has 0 aromatic heterocycles. The maximum absolute atomic E-state index is 12.3. The number of nitrogens with zero attached hydrogens (tertiary/aromatic N) is 1. The van der Waals surface area contributed by atoms with Crippen LogP contribution in [0.2, 0.25) is 0 Å². The topological polar surface area (TPSA) is 52.6 Å². The van der Waals surface area contributed by atoms with E-state index >= 15 is 0 Å². The first-order chi connectivity index (χ1) is 10.0. The van der Waals surface area contributed by atoms with Gasteiger partial charge in [0.05, 0.1) is 12.2 Å². The Kier molecular flexibility index (Phi) is 7.52. The highest BCUT2D eigenvalue weighted by Crippen LogP contribution is 2.11. The van der Waals surface area contributed by atoms with E-state index in [-0.39, 0.29) is 12.5 Å². The van der Waals surface area contributed by atoms with Gasteiger partial charge >= 0.3 is 0 Å². The normalized spacial score (nSPS) is 10.1. The van der Waals surface area contributed by atoms with E-state index < -0.39 is 0 Å². The lowest BCUT2D eigenvalue weighted by molar-refractivity contribution is 0.0952. The first kappa shape index (κ1) is 17.2. The van der Waals surface area contributed by atoms with Crippen LogP contribution in [0.1, 0.15) is 34.3 Å². The molecule has 1 rings (SSSR count). The van der Waals surface area contributed by atoms with Crippen molar-refractivity contribution in [1.82, 2.24) is 10.2 Å². The van der Waals surface area contributed by atoms with Gasteiger partial charge in [0.25, 0.3) is 5.91 Å². The third-order valence-electron chi connectivity index (χ3n) is 2.95. The number of rotatable bonds is 6. The maximum atomic E-state index is 12.3. The van der Waals surface area contributed by atoms with Crippen molar-refractivity contribution in [3.05, 3.63) is 34.9 Å². The van der Waals surface area contributed by atoms with Crippen LogP contribution in [0.5, 0.6) is 0 Å². The summed E-state index contributed by atoms with van der Waals surface area (Å²) in [5.74, 6) is 5.72. The molecule has 1 amide bonds. The van der Waals surface area contributed by atoms with Crippen molar-refractivity contribution in [2.24, 2.45) is 0 Å². The molecule has 0 aliphatic heterocycles. The van der Waals surface area contributed by atoms with E-state index in [0.717, 1.165) is 18.5 Å². The molecule has 0 bridgehead atoms. The smallest absolute Gasteiger partial charge is 0.252 e. The molecule has 0 radical (unpaired) electrons. The number of amides is 1. The lowest BCUT2D eigenvalue weighted by atomic mass is 10.0. The van der Waals surface area contributed by atoms with Crippen LogP contribution in [0, 0.1) is 18.8 Å². The molecule has 0 aliphatic carbocycles. The Labute approximate surface area is 127 Å². The number of hydrogen-bond donors (Lipinski definition) is 2. The average molecular weight is 288 g/mol. The number of nitrogens with one attached hydrogen (secondary N) is 1. The SMILES string of the molecule is Cc1ccc(C#CCCO)c(C(=O)NCCCN(C)C)c1. The van der Waals surface area contributed by atoms with Crippen LogP contribution in [0.15, 0.2) is 18.2 Å². The summed E-state index contributed by atoms with van der Waals surface area (Å²) in [6.07, 6.45) is 1.33. The van der Waals surface area contributed by atoms with Crippen molar-refractivity contribution in [2.75, 3.05) is 33.8 Å². The fourth-order valence-corrected chi connectivity index (χ4v) is 1.86. The van der Waals surface area contributed by atoms with Gasteiger partial charge in [-0.15, -0.1) is 0 Å². The second-order valence-electron chi connectivity index (χ2n) is 5.24. The molecule has 2 N–H and O–H groups in total. The van der Waals surface area contributed by atoms with Gasteiger partial charge in [0.1, 0.15) is 0 Å². The number of carbonyl (C=O) groups is 1. The molecule has 0 spiro atoms. The molecule has 4 heteroatoms. The quantitative estimate of drug-likeness (QED) is 0.615. The van der Waals surface area contributed by atoms with E-state index in [1.165, 1.54) is 0 Å². The van der Waals surface area contributed by atoms with Crippen molar-refractivity contribution < 1.29 is 9.90 Å². The highest BCUT2D eigenvalue weighted by molar-refractivity contribution is 5.96. The van der Waals surface area contributed by atoms with Crippen molar-refractivity contribution in [3.63, 3.8) is 0 Å². The van der Waals surface area contributed by atoms with Crippen molar-refractivity contribution in [3.8, 4) is 11.8 Å². The molecule has 0 saturated carbocycles. The van der Waals surface area contributed by atoms with Crippen molar-refractivity contribution in [2.45, 2.75) is 19.8 Å². The molecule has 4 nitrogen and oxygen atoms in total. The molecule has 0 fully saturated rings. The highest BCUT2D eigenvalue weighted by Gasteiger charge is 2.10. The van der Waals surface area contributed by atoms with E-state index in [9.17, 15) is 4.79 Å². The summed E-state index contributed by atoms with van der Waals surface area (Å²) in [5, 5.41) is 11.7. The van der Waals surface area contributed by atoms with Gasteiger partial charge in [0.2, 0.25) is 0 Å². The molecule has 0 heterocycles. The predicted octanol–water partition coefficient (Wildman–Crippen LogP) is 1.41. The number of aryl methyl sites for hydroxylation is 1. The molecule has 0 saturated heterocycles. The second kappa shape index (κ2) is 9.17. The van der Waals surface area contributed by atoms with Gasteiger partial charge in [-0.25, -0.2) is 0 Å². The van der Waals surface area contributed by atoms with Gasteiger partial charge in [-0.3, -0.25) is 4.79 Å². The van der Waals surface area contributed by atoms with Gasteiger partial charge in [0.15, 0.2) is 0 Å². The summed E-state index contributed by atoms with van der Waals surface area (Å²) >= 11 is 0. The maximum Gasteiger partial charge on any atom is 0.252 e. The van der Waals surface area contributed by atoms with Crippen LogP contribution in [0.3, 0.4) is 0 Å². The molecule has 0 unspecified atom stereocenters. The first-order valence-corrected chi connectivity index (χ1v) is 7.18. The highest BCUT2D eigenvalue weighted by atomic mass is 16.2. The molecule has 1 aromatic rings. The first-order valence-electron chi connectivity index (χ1n) is 7.18. The fourth-order valence-electron chi connectivity index (χ4n) is 1.86. The van der Waals surface area contributed by atoms with Crippen LogP contribution < -0.4 is 5.32 Å². The standard InChI is InChI=1S/C17H24N2O2/c1-14-8-9-15(7-4-5-12-20)16(13-14)17(21)18-10-6-11-19(2)3/h8-9,13,20H,5-6,10-12H2,1-3H3,(H,18,21). The second-order valence-corrected chi connectivity index (χ2v) is 5.24. The van der Waals surface area contributed by atoms with Crippen molar-refractivity contribution in [1.29, 1.82) is 0 Å². The molecule has 114 valence electrons. The number of hydrogen-bond acceptors (Lipinski definition) is 3. The molecular formula is C17H24N2O2. The van der Waals surface area contributed by atoms with Gasteiger partial charge in [-0.2, -0.15) is 0 Å². The van der Waals surface area contributed by atoms with Crippen LogP contribution >= 0.6 is 0 Å². The van der Waals surface area contributed by atoms with E-state index in [1.807, 2.05) is 39.2 Å². The van der Waals surface area contributed by atoms with E-state index in [2.05, 4.69) is 22.1 Å². The van der Waals surface area contributed by atoms with Gasteiger partial charge in [-0.05, 0) is 46.1 Å². The molecular weight excluding hydrogens is 264 g/mol. The van der Waals surface area contributed by atoms with Crippen LogP contribution in [-0.2, 0) is 0 Å². The minimum absolute atomic E-state index is 0.0327. The minimum Gasteiger partial charge on any atom is -0.395 e. The van der Waals surface area contributed by atoms with E-state index in [4.69, 9.17) is 5.11 Å². The van der Waals surface area contributed by atoms with Crippen LogP contribution in [-0.4, -0.2) is 49.7 Å². The zero-order valence-corrected chi connectivity index (χ0v) is 13.1. The minimum atomic E-state index is -0.0919. The largest absolute Gasteiger partial charge is 0.395 e. The lowest BCUT2D eigenvalue weighted by Crippen LogP contribution is -2.27. The fraction of sp³-hybridized carbons (Fsp3) is 0.471. The average Bonchev–Trinajstić information content (AvgIpc) is 2.45. The Balaban J connectivity index is 2.73. The zero-order chi connectivity index (χ0) is 15.7. The Morgan fingerprint density at radius 1 is 1.38 bits per heavy atom. The van der Waals surface area contributed by atoms with Gasteiger partial charge in [-0.1, -0.05) is 23.5 Å². The summed E-state index contributed by atoms with van der Waals surface area (Å²) in [7, 11) is 4.02. The molecule has 1 aromatic carbocycles. The summed E-state index contributed by atoms with van der Waals surface area (Å²) in [5.41, 5.74) is 2.34. The monoisotopic (exact) mass is 288 g/mol. The summed E-state index contributed by atoms with van der Waals surface area (Å²) < 4.78 is 0. The summed E-state index contributed by atoms with van der Waals surface area (Å²) in [6.45, 7) is 3.57. The molecule has 0 aliphatic rings. The van der Waals surface area contributed by atoms with E-state index in [0.29, 0.717) is 24.1 Å². The van der Waals surface area contributed by atoms with Crippen molar-refractivity contribution >= 4 is 5.91 Å². The molecule has 21 heavy (non-hydrogen) atoms. The number of carbonyl (C=O) groups excluding carboxylic acids is 1. The van der Waals surface area contributed by atoms with E-state index in [1.54, 1.807) is 0 Å². The number of benzene rings is 1. The number of aliphatic hydroxyl groups excluding tert-OH is 1. The summed E-state index contributed by atoms with van der Waals surface area (Å²) in [6, 6.07) is 5.64. The van der Waals surface area contributed by atoms with Crippen LogP contribution in [0.25, 0.3) is 0 Å².